The predicted molar refractivity (Wildman–Crippen MR) is 93.3 cm³/mol. The van der Waals surface area contributed by atoms with Crippen LogP contribution in [0, 0.1) is 0 Å². The van der Waals surface area contributed by atoms with E-state index in [9.17, 15) is 9.59 Å². The van der Waals surface area contributed by atoms with Gasteiger partial charge in [-0.05, 0) is 43.3 Å². The molecule has 0 amide bonds. The van der Waals surface area contributed by atoms with Crippen molar-refractivity contribution in [3.63, 3.8) is 0 Å². The van der Waals surface area contributed by atoms with E-state index in [1.54, 1.807) is 24.3 Å². The maximum Gasteiger partial charge on any atom is 0.341 e. The lowest BCUT2D eigenvalue weighted by atomic mass is 10.2. The monoisotopic (exact) mass is 356 g/mol. The smallest absolute Gasteiger partial charge is 0.341 e. The molecule has 0 saturated heterocycles. The number of rotatable bonds is 7. The number of hydrogen-bond donors (Lipinski definition) is 1. The molecule has 0 aliphatic heterocycles. The van der Waals surface area contributed by atoms with E-state index in [4.69, 9.17) is 23.7 Å². The first-order valence-corrected chi connectivity index (χ1v) is 7.87. The van der Waals surface area contributed by atoms with Gasteiger partial charge in [-0.25, -0.2) is 4.79 Å². The minimum atomic E-state index is -1.09. The number of carboxylic acid groups (broad SMARTS) is 1. The number of fused-ring (bicyclic) bond motifs is 1. The van der Waals surface area contributed by atoms with Crippen molar-refractivity contribution in [2.45, 2.75) is 6.92 Å². The van der Waals surface area contributed by atoms with Crippen LogP contribution in [0.15, 0.2) is 57.9 Å². The first kappa shape index (κ1) is 17.3. The Labute approximate surface area is 148 Å². The van der Waals surface area contributed by atoms with Crippen LogP contribution in [0.25, 0.3) is 11.0 Å². The molecule has 0 atom stereocenters. The molecule has 0 aliphatic carbocycles. The molecule has 3 aromatic rings. The van der Waals surface area contributed by atoms with Crippen LogP contribution >= 0.6 is 0 Å². The third kappa shape index (κ3) is 3.94. The highest BCUT2D eigenvalue weighted by Crippen LogP contribution is 2.25. The van der Waals surface area contributed by atoms with Gasteiger partial charge in [0.05, 0.1) is 12.0 Å². The summed E-state index contributed by atoms with van der Waals surface area (Å²) < 4.78 is 21.4. The largest absolute Gasteiger partial charge is 0.494 e. The molecule has 0 aliphatic rings. The Hall–Kier alpha value is -3.48. The molecule has 0 fully saturated rings. The molecular weight excluding hydrogens is 340 g/mol. The minimum absolute atomic E-state index is 0.0425. The van der Waals surface area contributed by atoms with Gasteiger partial charge in [0.15, 0.2) is 6.61 Å². The number of ether oxygens (including phenoxy) is 3. The van der Waals surface area contributed by atoms with E-state index in [2.05, 4.69) is 0 Å². The van der Waals surface area contributed by atoms with Gasteiger partial charge in [0.25, 0.3) is 0 Å². The highest BCUT2D eigenvalue weighted by molar-refractivity contribution is 5.79. The van der Waals surface area contributed by atoms with Crippen molar-refractivity contribution in [2.75, 3.05) is 13.2 Å². The van der Waals surface area contributed by atoms with Gasteiger partial charge in [0, 0.05) is 6.07 Å². The summed E-state index contributed by atoms with van der Waals surface area (Å²) in [5.41, 5.74) is -0.0677. The van der Waals surface area contributed by atoms with Crippen molar-refractivity contribution < 1.29 is 28.5 Å². The highest BCUT2D eigenvalue weighted by atomic mass is 16.5. The van der Waals surface area contributed by atoms with Crippen LogP contribution in [-0.4, -0.2) is 24.3 Å². The normalized spacial score (nSPS) is 10.5. The topological polar surface area (TPSA) is 95.2 Å². The van der Waals surface area contributed by atoms with Gasteiger partial charge in [-0.1, -0.05) is 0 Å². The number of aliphatic carboxylic acids is 1. The standard InChI is InChI=1S/C19H16O7/c1-2-23-12-3-5-13(6-4-12)26-17-10-25-16-9-14(24-11-18(20)21)7-8-15(16)19(17)22/h3-10H,2,11H2,1H3,(H,20,21). The maximum atomic E-state index is 12.5. The molecule has 26 heavy (non-hydrogen) atoms. The summed E-state index contributed by atoms with van der Waals surface area (Å²) >= 11 is 0. The molecule has 1 heterocycles. The second-order valence-corrected chi connectivity index (χ2v) is 5.28. The lowest BCUT2D eigenvalue weighted by Gasteiger charge is -2.08. The van der Waals surface area contributed by atoms with Gasteiger partial charge >= 0.3 is 5.97 Å². The summed E-state index contributed by atoms with van der Waals surface area (Å²) in [4.78, 5) is 23.1. The fraction of sp³-hybridized carbons (Fsp3) is 0.158. The Morgan fingerprint density at radius 3 is 2.42 bits per heavy atom. The van der Waals surface area contributed by atoms with E-state index in [1.165, 1.54) is 24.5 Å². The number of benzene rings is 2. The molecule has 1 N–H and O–H groups in total. The number of carboxylic acids is 1. The summed E-state index contributed by atoms with van der Waals surface area (Å²) in [6.07, 6.45) is 1.21. The Morgan fingerprint density at radius 1 is 1.04 bits per heavy atom. The summed E-state index contributed by atoms with van der Waals surface area (Å²) in [6, 6.07) is 11.3. The van der Waals surface area contributed by atoms with Crippen LogP contribution in [0.2, 0.25) is 0 Å². The second-order valence-electron chi connectivity index (χ2n) is 5.28. The van der Waals surface area contributed by atoms with E-state index in [0.717, 1.165) is 0 Å². The Bertz CT molecular complexity index is 973. The van der Waals surface area contributed by atoms with Gasteiger partial charge < -0.3 is 23.7 Å². The fourth-order valence-electron chi connectivity index (χ4n) is 2.29. The van der Waals surface area contributed by atoms with Gasteiger partial charge in [0.1, 0.15) is 29.1 Å². The maximum absolute atomic E-state index is 12.5. The predicted octanol–water partition coefficient (Wildman–Crippen LogP) is 3.45. The second kappa shape index (κ2) is 7.60. The average Bonchev–Trinajstić information content (AvgIpc) is 2.64. The van der Waals surface area contributed by atoms with Crippen molar-refractivity contribution in [2.24, 2.45) is 0 Å². The highest BCUT2D eigenvalue weighted by Gasteiger charge is 2.11. The molecule has 0 spiro atoms. The average molecular weight is 356 g/mol. The molecule has 3 rings (SSSR count). The third-order valence-corrected chi connectivity index (χ3v) is 3.44. The zero-order valence-corrected chi connectivity index (χ0v) is 13.9. The van der Waals surface area contributed by atoms with E-state index >= 15 is 0 Å². The minimum Gasteiger partial charge on any atom is -0.494 e. The number of carbonyl (C=O) groups is 1. The zero-order chi connectivity index (χ0) is 18.5. The molecule has 1 aromatic heterocycles. The van der Waals surface area contributed by atoms with E-state index in [1.807, 2.05) is 6.92 Å². The SMILES string of the molecule is CCOc1ccc(Oc2coc3cc(OCC(=O)O)ccc3c2=O)cc1. The summed E-state index contributed by atoms with van der Waals surface area (Å²) in [6.45, 7) is 1.98. The van der Waals surface area contributed by atoms with Crippen molar-refractivity contribution in [3.8, 4) is 23.0 Å². The Morgan fingerprint density at radius 2 is 1.73 bits per heavy atom. The molecule has 2 aromatic carbocycles. The Kier molecular flexibility index (Phi) is 5.07. The molecule has 0 radical (unpaired) electrons. The van der Waals surface area contributed by atoms with Crippen molar-refractivity contribution in [3.05, 3.63) is 59.0 Å². The van der Waals surface area contributed by atoms with Crippen LogP contribution in [0.4, 0.5) is 0 Å². The van der Waals surface area contributed by atoms with Crippen molar-refractivity contribution in [1.82, 2.24) is 0 Å². The zero-order valence-electron chi connectivity index (χ0n) is 13.9. The van der Waals surface area contributed by atoms with E-state index in [-0.39, 0.29) is 16.8 Å². The van der Waals surface area contributed by atoms with Crippen LogP contribution in [0.5, 0.6) is 23.0 Å². The molecule has 7 heteroatoms. The molecule has 0 saturated carbocycles. The van der Waals surface area contributed by atoms with Gasteiger partial charge in [-0.3, -0.25) is 4.79 Å². The first-order valence-electron chi connectivity index (χ1n) is 7.87. The molecule has 0 unspecified atom stereocenters. The van der Waals surface area contributed by atoms with Crippen molar-refractivity contribution >= 4 is 16.9 Å². The van der Waals surface area contributed by atoms with E-state index in [0.29, 0.717) is 29.2 Å². The molecule has 0 bridgehead atoms. The fourth-order valence-corrected chi connectivity index (χ4v) is 2.29. The first-order chi connectivity index (χ1) is 12.6. The Balaban J connectivity index is 1.83. The summed E-state index contributed by atoms with van der Waals surface area (Å²) in [5.74, 6) is 0.426. The quantitative estimate of drug-likeness (QED) is 0.693. The molecular formula is C19H16O7. The van der Waals surface area contributed by atoms with Gasteiger partial charge in [-0.15, -0.1) is 0 Å². The van der Waals surface area contributed by atoms with Crippen LogP contribution in [0.3, 0.4) is 0 Å². The number of hydrogen-bond acceptors (Lipinski definition) is 6. The van der Waals surface area contributed by atoms with E-state index < -0.39 is 12.6 Å². The summed E-state index contributed by atoms with van der Waals surface area (Å²) in [5, 5.41) is 8.93. The van der Waals surface area contributed by atoms with Crippen LogP contribution < -0.4 is 19.6 Å². The lowest BCUT2D eigenvalue weighted by Crippen LogP contribution is -2.09. The molecule has 134 valence electrons. The van der Waals surface area contributed by atoms with Crippen LogP contribution in [0.1, 0.15) is 6.92 Å². The van der Waals surface area contributed by atoms with Crippen molar-refractivity contribution in [1.29, 1.82) is 0 Å². The molecule has 7 nitrogen and oxygen atoms in total. The van der Waals surface area contributed by atoms with Crippen LogP contribution in [-0.2, 0) is 4.79 Å². The third-order valence-electron chi connectivity index (χ3n) is 3.44. The lowest BCUT2D eigenvalue weighted by molar-refractivity contribution is -0.139. The summed E-state index contributed by atoms with van der Waals surface area (Å²) in [7, 11) is 0. The van der Waals surface area contributed by atoms with Gasteiger partial charge in [-0.2, -0.15) is 0 Å². The van der Waals surface area contributed by atoms with Gasteiger partial charge in [0.2, 0.25) is 11.2 Å².